The fourth-order valence-corrected chi connectivity index (χ4v) is 2.64. The first-order chi connectivity index (χ1) is 7.80. The van der Waals surface area contributed by atoms with Crippen molar-refractivity contribution in [2.24, 2.45) is 11.3 Å². The van der Waals surface area contributed by atoms with Crippen molar-refractivity contribution in [1.29, 1.82) is 0 Å². The van der Waals surface area contributed by atoms with Crippen molar-refractivity contribution in [2.75, 3.05) is 6.61 Å². The number of esters is 1. The minimum Gasteiger partial charge on any atom is -0.463 e. The SMILES string of the molecule is CC(=O)OCC(C)OC(C)C1CCC(C)(C)C1. The van der Waals surface area contributed by atoms with Gasteiger partial charge in [-0.25, -0.2) is 0 Å². The molecule has 17 heavy (non-hydrogen) atoms. The van der Waals surface area contributed by atoms with Crippen LogP contribution in [0.4, 0.5) is 0 Å². The highest BCUT2D eigenvalue weighted by Crippen LogP contribution is 2.42. The third-order valence-corrected chi connectivity index (χ3v) is 3.64. The quantitative estimate of drug-likeness (QED) is 0.695. The van der Waals surface area contributed by atoms with Crippen molar-refractivity contribution >= 4 is 5.97 Å². The molecule has 0 amide bonds. The van der Waals surface area contributed by atoms with E-state index in [4.69, 9.17) is 9.47 Å². The van der Waals surface area contributed by atoms with Crippen molar-refractivity contribution in [3.8, 4) is 0 Å². The van der Waals surface area contributed by atoms with E-state index in [2.05, 4.69) is 20.8 Å². The average Bonchev–Trinajstić information content (AvgIpc) is 2.56. The van der Waals surface area contributed by atoms with Gasteiger partial charge < -0.3 is 9.47 Å². The molecule has 1 aliphatic rings. The minimum absolute atomic E-state index is 0.0161. The standard InChI is InChI=1S/C14H26O3/c1-10(9-16-12(3)15)17-11(2)13-6-7-14(4,5)8-13/h10-11,13H,6-9H2,1-5H3. The Morgan fingerprint density at radius 2 is 2.06 bits per heavy atom. The van der Waals surface area contributed by atoms with E-state index in [9.17, 15) is 4.79 Å². The number of hydrogen-bond acceptors (Lipinski definition) is 3. The molecule has 0 radical (unpaired) electrons. The number of hydrogen-bond donors (Lipinski definition) is 0. The molecule has 0 spiro atoms. The van der Waals surface area contributed by atoms with Gasteiger partial charge in [-0.05, 0) is 44.4 Å². The molecule has 3 atom stereocenters. The molecule has 0 aromatic rings. The van der Waals surface area contributed by atoms with Crippen LogP contribution in [0.3, 0.4) is 0 Å². The van der Waals surface area contributed by atoms with Crippen LogP contribution in [0, 0.1) is 11.3 Å². The summed E-state index contributed by atoms with van der Waals surface area (Å²) in [6, 6.07) is 0. The van der Waals surface area contributed by atoms with Crippen LogP contribution in [-0.4, -0.2) is 24.8 Å². The number of carbonyl (C=O) groups is 1. The molecule has 1 rings (SSSR count). The molecule has 0 N–H and O–H groups in total. The summed E-state index contributed by atoms with van der Waals surface area (Å²) < 4.78 is 10.8. The lowest BCUT2D eigenvalue weighted by molar-refractivity contribution is -0.147. The number of carbonyl (C=O) groups excluding carboxylic acids is 1. The maximum atomic E-state index is 10.7. The number of ether oxygens (including phenoxy) is 2. The highest BCUT2D eigenvalue weighted by molar-refractivity contribution is 5.65. The van der Waals surface area contributed by atoms with E-state index in [0.29, 0.717) is 17.9 Å². The van der Waals surface area contributed by atoms with Crippen molar-refractivity contribution in [3.05, 3.63) is 0 Å². The predicted molar refractivity (Wildman–Crippen MR) is 67.8 cm³/mol. The van der Waals surface area contributed by atoms with Gasteiger partial charge in [-0.15, -0.1) is 0 Å². The molecule has 1 aliphatic carbocycles. The first kappa shape index (κ1) is 14.5. The van der Waals surface area contributed by atoms with E-state index in [0.717, 1.165) is 0 Å². The second-order valence-electron chi connectivity index (χ2n) is 6.12. The third kappa shape index (κ3) is 5.07. The Hall–Kier alpha value is -0.570. The highest BCUT2D eigenvalue weighted by atomic mass is 16.6. The molecule has 100 valence electrons. The largest absolute Gasteiger partial charge is 0.463 e. The second kappa shape index (κ2) is 5.85. The van der Waals surface area contributed by atoms with E-state index < -0.39 is 0 Å². The molecule has 0 aromatic heterocycles. The zero-order valence-corrected chi connectivity index (χ0v) is 11.8. The van der Waals surface area contributed by atoms with Gasteiger partial charge in [0.25, 0.3) is 0 Å². The molecule has 3 heteroatoms. The van der Waals surface area contributed by atoms with E-state index in [1.54, 1.807) is 0 Å². The van der Waals surface area contributed by atoms with Crippen LogP contribution in [0.5, 0.6) is 0 Å². The molecular weight excluding hydrogens is 216 g/mol. The lowest BCUT2D eigenvalue weighted by Crippen LogP contribution is -2.27. The topological polar surface area (TPSA) is 35.5 Å². The molecule has 0 bridgehead atoms. The molecule has 0 aliphatic heterocycles. The maximum Gasteiger partial charge on any atom is 0.302 e. The maximum absolute atomic E-state index is 10.7. The van der Waals surface area contributed by atoms with E-state index >= 15 is 0 Å². The van der Waals surface area contributed by atoms with Crippen LogP contribution in [0.1, 0.15) is 53.9 Å². The van der Waals surface area contributed by atoms with Crippen LogP contribution in [0.2, 0.25) is 0 Å². The van der Waals surface area contributed by atoms with Crippen molar-refractivity contribution < 1.29 is 14.3 Å². The Morgan fingerprint density at radius 3 is 2.53 bits per heavy atom. The summed E-state index contributed by atoms with van der Waals surface area (Å²) in [4.78, 5) is 10.7. The van der Waals surface area contributed by atoms with E-state index in [1.807, 2.05) is 6.92 Å². The van der Waals surface area contributed by atoms with Gasteiger partial charge in [0.2, 0.25) is 0 Å². The van der Waals surface area contributed by atoms with Gasteiger partial charge in [-0.3, -0.25) is 4.79 Å². The van der Waals surface area contributed by atoms with Crippen molar-refractivity contribution in [2.45, 2.75) is 66.1 Å². The van der Waals surface area contributed by atoms with Crippen LogP contribution in [0.25, 0.3) is 0 Å². The third-order valence-electron chi connectivity index (χ3n) is 3.64. The lowest BCUT2D eigenvalue weighted by atomic mass is 9.89. The molecular formula is C14H26O3. The summed E-state index contributed by atoms with van der Waals surface area (Å²) in [7, 11) is 0. The molecule has 3 unspecified atom stereocenters. The van der Waals surface area contributed by atoms with E-state index in [-0.39, 0.29) is 18.2 Å². The van der Waals surface area contributed by atoms with Crippen molar-refractivity contribution in [1.82, 2.24) is 0 Å². The first-order valence-electron chi connectivity index (χ1n) is 6.59. The summed E-state index contributed by atoms with van der Waals surface area (Å²) in [5.41, 5.74) is 0.460. The molecule has 1 saturated carbocycles. The second-order valence-corrected chi connectivity index (χ2v) is 6.12. The first-order valence-corrected chi connectivity index (χ1v) is 6.59. The summed E-state index contributed by atoms with van der Waals surface area (Å²) >= 11 is 0. The highest BCUT2D eigenvalue weighted by Gasteiger charge is 2.34. The minimum atomic E-state index is -0.241. The summed E-state index contributed by atoms with van der Waals surface area (Å²) in [5.74, 6) is 0.403. The van der Waals surface area contributed by atoms with Gasteiger partial charge in [0.1, 0.15) is 6.61 Å². The average molecular weight is 242 g/mol. The number of rotatable bonds is 5. The summed E-state index contributed by atoms with van der Waals surface area (Å²) in [6.07, 6.45) is 3.99. The normalized spacial score (nSPS) is 26.5. The lowest BCUT2D eigenvalue weighted by Gasteiger charge is -2.25. The van der Waals surface area contributed by atoms with Gasteiger partial charge in [-0.2, -0.15) is 0 Å². The van der Waals surface area contributed by atoms with Gasteiger partial charge in [0, 0.05) is 6.92 Å². The Morgan fingerprint density at radius 1 is 1.41 bits per heavy atom. The molecule has 3 nitrogen and oxygen atoms in total. The van der Waals surface area contributed by atoms with Crippen LogP contribution in [0.15, 0.2) is 0 Å². The fourth-order valence-electron chi connectivity index (χ4n) is 2.64. The van der Waals surface area contributed by atoms with Gasteiger partial charge >= 0.3 is 5.97 Å². The zero-order chi connectivity index (χ0) is 13.1. The van der Waals surface area contributed by atoms with Gasteiger partial charge in [0.15, 0.2) is 0 Å². The molecule has 1 fully saturated rings. The fraction of sp³-hybridized carbons (Fsp3) is 0.929. The monoisotopic (exact) mass is 242 g/mol. The predicted octanol–water partition coefficient (Wildman–Crippen LogP) is 3.17. The van der Waals surface area contributed by atoms with Crippen molar-refractivity contribution in [3.63, 3.8) is 0 Å². The van der Waals surface area contributed by atoms with Crippen LogP contribution < -0.4 is 0 Å². The van der Waals surface area contributed by atoms with Crippen LogP contribution >= 0.6 is 0 Å². The van der Waals surface area contributed by atoms with Crippen LogP contribution in [-0.2, 0) is 14.3 Å². The summed E-state index contributed by atoms with van der Waals surface area (Å²) in [5, 5.41) is 0. The zero-order valence-electron chi connectivity index (χ0n) is 11.8. The van der Waals surface area contributed by atoms with Gasteiger partial charge in [-0.1, -0.05) is 13.8 Å². The summed E-state index contributed by atoms with van der Waals surface area (Å²) in [6.45, 7) is 10.5. The van der Waals surface area contributed by atoms with Gasteiger partial charge in [0.05, 0.1) is 12.2 Å². The Kier molecular flexibility index (Phi) is 4.99. The molecule has 0 aromatic carbocycles. The Labute approximate surface area is 105 Å². The smallest absolute Gasteiger partial charge is 0.302 e. The van der Waals surface area contributed by atoms with E-state index in [1.165, 1.54) is 26.2 Å². The Balaban J connectivity index is 2.29. The molecule has 0 heterocycles. The molecule has 0 saturated heterocycles. The Bertz CT molecular complexity index is 260.